The first-order chi connectivity index (χ1) is 9.13. The molecule has 108 valence electrons. The van der Waals surface area contributed by atoms with Crippen molar-refractivity contribution in [3.63, 3.8) is 0 Å². The molecule has 0 aromatic heterocycles. The average molecular weight is 268 g/mol. The highest BCUT2D eigenvalue weighted by Crippen LogP contribution is 2.27. The summed E-state index contributed by atoms with van der Waals surface area (Å²) in [5, 5.41) is 3.34. The Morgan fingerprint density at radius 3 is 2.68 bits per heavy atom. The van der Waals surface area contributed by atoms with Crippen molar-refractivity contribution in [3.8, 4) is 0 Å². The predicted octanol–water partition coefficient (Wildman–Crippen LogP) is 2.97. The Morgan fingerprint density at radius 1 is 1.37 bits per heavy atom. The first-order valence-electron chi connectivity index (χ1n) is 6.90. The van der Waals surface area contributed by atoms with E-state index >= 15 is 0 Å². The summed E-state index contributed by atoms with van der Waals surface area (Å²) in [4.78, 5) is 2.21. The summed E-state index contributed by atoms with van der Waals surface area (Å²) in [6, 6.07) is 5.13. The van der Waals surface area contributed by atoms with Crippen LogP contribution in [-0.2, 0) is 4.74 Å². The van der Waals surface area contributed by atoms with E-state index in [1.165, 1.54) is 6.07 Å². The zero-order valence-electron chi connectivity index (χ0n) is 12.4. The number of likely N-dealkylation sites (N-methyl/N-ethyl adjacent to an activating group) is 1. The van der Waals surface area contributed by atoms with E-state index in [0.717, 1.165) is 30.9 Å². The second-order valence-corrected chi connectivity index (χ2v) is 4.55. The van der Waals surface area contributed by atoms with Crippen LogP contribution in [0.15, 0.2) is 18.2 Å². The monoisotopic (exact) mass is 268 g/mol. The number of hydrogen-bond acceptors (Lipinski definition) is 3. The maximum atomic E-state index is 13.5. The van der Waals surface area contributed by atoms with Crippen LogP contribution in [0, 0.1) is 5.82 Å². The van der Waals surface area contributed by atoms with Gasteiger partial charge >= 0.3 is 0 Å². The van der Waals surface area contributed by atoms with Gasteiger partial charge in [0, 0.05) is 31.9 Å². The highest BCUT2D eigenvalue weighted by molar-refractivity contribution is 5.55. The number of halogens is 1. The Balaban J connectivity index is 3.02. The number of nitrogens with one attached hydrogen (secondary N) is 1. The molecule has 0 saturated heterocycles. The number of ether oxygens (including phenoxy) is 1. The zero-order chi connectivity index (χ0) is 14.3. The normalized spacial score (nSPS) is 12.5. The SMILES string of the molecule is CCNC(C)c1cc(F)ccc1N(CC)CCOC. The molecule has 0 spiro atoms. The van der Waals surface area contributed by atoms with Crippen LogP contribution < -0.4 is 10.2 Å². The lowest BCUT2D eigenvalue weighted by Crippen LogP contribution is -2.29. The van der Waals surface area contributed by atoms with Crippen LogP contribution in [0.1, 0.15) is 32.4 Å². The molecule has 1 unspecified atom stereocenters. The van der Waals surface area contributed by atoms with E-state index in [1.807, 2.05) is 6.07 Å². The fraction of sp³-hybridized carbons (Fsp3) is 0.600. The van der Waals surface area contributed by atoms with E-state index < -0.39 is 0 Å². The molecule has 3 nitrogen and oxygen atoms in total. The van der Waals surface area contributed by atoms with Crippen molar-refractivity contribution in [1.29, 1.82) is 0 Å². The highest BCUT2D eigenvalue weighted by Gasteiger charge is 2.15. The molecule has 0 aliphatic heterocycles. The summed E-state index contributed by atoms with van der Waals surface area (Å²) in [6.45, 7) is 9.43. The van der Waals surface area contributed by atoms with Crippen LogP contribution in [0.2, 0.25) is 0 Å². The lowest BCUT2D eigenvalue weighted by Gasteiger charge is -2.28. The number of rotatable bonds is 8. The zero-order valence-corrected chi connectivity index (χ0v) is 12.4. The van der Waals surface area contributed by atoms with Crippen LogP contribution in [-0.4, -0.2) is 33.4 Å². The van der Waals surface area contributed by atoms with E-state index in [4.69, 9.17) is 4.74 Å². The van der Waals surface area contributed by atoms with Gasteiger partial charge in [-0.2, -0.15) is 0 Å². The Labute approximate surface area is 115 Å². The minimum Gasteiger partial charge on any atom is -0.383 e. The number of hydrogen-bond donors (Lipinski definition) is 1. The fourth-order valence-corrected chi connectivity index (χ4v) is 2.23. The lowest BCUT2D eigenvalue weighted by atomic mass is 10.0. The molecule has 1 aromatic rings. The Kier molecular flexibility index (Phi) is 6.81. The summed E-state index contributed by atoms with van der Waals surface area (Å²) in [5.74, 6) is -0.189. The van der Waals surface area contributed by atoms with Crippen molar-refractivity contribution in [2.24, 2.45) is 0 Å². The molecule has 1 N–H and O–H groups in total. The molecule has 19 heavy (non-hydrogen) atoms. The number of methoxy groups -OCH3 is 1. The van der Waals surface area contributed by atoms with Crippen molar-refractivity contribution >= 4 is 5.69 Å². The molecule has 0 radical (unpaired) electrons. The summed E-state index contributed by atoms with van der Waals surface area (Å²) >= 11 is 0. The van der Waals surface area contributed by atoms with E-state index in [2.05, 4.69) is 31.0 Å². The Bertz CT molecular complexity index is 384. The van der Waals surface area contributed by atoms with Gasteiger partial charge in [0.1, 0.15) is 5.82 Å². The second kappa shape index (κ2) is 8.12. The molecule has 0 fully saturated rings. The summed E-state index contributed by atoms with van der Waals surface area (Å²) in [5.41, 5.74) is 2.08. The smallest absolute Gasteiger partial charge is 0.123 e. The molecule has 1 atom stereocenters. The van der Waals surface area contributed by atoms with Gasteiger partial charge in [0.05, 0.1) is 6.61 Å². The van der Waals surface area contributed by atoms with Crippen molar-refractivity contribution in [2.75, 3.05) is 38.3 Å². The van der Waals surface area contributed by atoms with Gasteiger partial charge in [-0.05, 0) is 44.2 Å². The third kappa shape index (κ3) is 4.48. The third-order valence-corrected chi connectivity index (χ3v) is 3.25. The van der Waals surface area contributed by atoms with E-state index in [9.17, 15) is 4.39 Å². The van der Waals surface area contributed by atoms with Gasteiger partial charge in [0.2, 0.25) is 0 Å². The van der Waals surface area contributed by atoms with Crippen LogP contribution in [0.3, 0.4) is 0 Å². The molecule has 4 heteroatoms. The van der Waals surface area contributed by atoms with Crippen molar-refractivity contribution in [1.82, 2.24) is 5.32 Å². The summed E-state index contributed by atoms with van der Waals surface area (Å²) in [6.07, 6.45) is 0. The molecule has 0 heterocycles. The minimum atomic E-state index is -0.189. The van der Waals surface area contributed by atoms with Crippen molar-refractivity contribution < 1.29 is 9.13 Å². The molecular weight excluding hydrogens is 243 g/mol. The quantitative estimate of drug-likeness (QED) is 0.784. The molecule has 0 saturated carbocycles. The second-order valence-electron chi connectivity index (χ2n) is 4.55. The number of nitrogens with zero attached hydrogens (tertiary/aromatic N) is 1. The average Bonchev–Trinajstić information content (AvgIpc) is 2.41. The fourth-order valence-electron chi connectivity index (χ4n) is 2.23. The van der Waals surface area contributed by atoms with Gasteiger partial charge in [-0.15, -0.1) is 0 Å². The first kappa shape index (κ1) is 15.9. The number of anilines is 1. The standard InChI is InChI=1S/C15H25FN2O/c1-5-17-12(3)14-11-13(16)7-8-15(14)18(6-2)9-10-19-4/h7-8,11-12,17H,5-6,9-10H2,1-4H3. The van der Waals surface area contributed by atoms with E-state index in [-0.39, 0.29) is 11.9 Å². The van der Waals surface area contributed by atoms with Gasteiger partial charge in [-0.25, -0.2) is 4.39 Å². The predicted molar refractivity (Wildman–Crippen MR) is 78.3 cm³/mol. The molecule has 0 bridgehead atoms. The maximum absolute atomic E-state index is 13.5. The van der Waals surface area contributed by atoms with Gasteiger partial charge < -0.3 is 15.0 Å². The highest BCUT2D eigenvalue weighted by atomic mass is 19.1. The first-order valence-corrected chi connectivity index (χ1v) is 6.90. The van der Waals surface area contributed by atoms with Crippen molar-refractivity contribution in [2.45, 2.75) is 26.8 Å². The van der Waals surface area contributed by atoms with E-state index in [0.29, 0.717) is 6.61 Å². The molecule has 0 aliphatic rings. The van der Waals surface area contributed by atoms with Gasteiger partial charge in [0.25, 0.3) is 0 Å². The van der Waals surface area contributed by atoms with Crippen LogP contribution in [0.4, 0.5) is 10.1 Å². The van der Waals surface area contributed by atoms with Gasteiger partial charge in [0.15, 0.2) is 0 Å². The topological polar surface area (TPSA) is 24.5 Å². The van der Waals surface area contributed by atoms with Crippen LogP contribution in [0.5, 0.6) is 0 Å². The summed E-state index contributed by atoms with van der Waals surface area (Å²) in [7, 11) is 1.70. The molecular formula is C15H25FN2O. The molecule has 1 rings (SSSR count). The van der Waals surface area contributed by atoms with Gasteiger partial charge in [-0.3, -0.25) is 0 Å². The van der Waals surface area contributed by atoms with Crippen molar-refractivity contribution in [3.05, 3.63) is 29.6 Å². The molecule has 1 aromatic carbocycles. The van der Waals surface area contributed by atoms with Crippen LogP contribution >= 0.6 is 0 Å². The van der Waals surface area contributed by atoms with Crippen LogP contribution in [0.25, 0.3) is 0 Å². The lowest BCUT2D eigenvalue weighted by molar-refractivity contribution is 0.205. The Morgan fingerprint density at radius 2 is 2.11 bits per heavy atom. The molecule has 0 amide bonds. The summed E-state index contributed by atoms with van der Waals surface area (Å²) < 4.78 is 18.6. The third-order valence-electron chi connectivity index (χ3n) is 3.25. The molecule has 0 aliphatic carbocycles. The minimum absolute atomic E-state index is 0.132. The Hall–Kier alpha value is -1.13. The van der Waals surface area contributed by atoms with Gasteiger partial charge in [-0.1, -0.05) is 6.92 Å². The van der Waals surface area contributed by atoms with E-state index in [1.54, 1.807) is 13.2 Å². The largest absolute Gasteiger partial charge is 0.383 e. The maximum Gasteiger partial charge on any atom is 0.123 e. The number of benzene rings is 1.